The maximum absolute atomic E-state index is 12.5. The van der Waals surface area contributed by atoms with Gasteiger partial charge in [-0.15, -0.1) is 5.10 Å². The van der Waals surface area contributed by atoms with Crippen molar-refractivity contribution in [1.29, 1.82) is 0 Å². The predicted octanol–water partition coefficient (Wildman–Crippen LogP) is 2.29. The first-order valence-electron chi connectivity index (χ1n) is 6.46. The Morgan fingerprint density at radius 2 is 2.05 bits per heavy atom. The van der Waals surface area contributed by atoms with Gasteiger partial charge >= 0.3 is 0 Å². The van der Waals surface area contributed by atoms with Gasteiger partial charge in [-0.05, 0) is 25.0 Å². The van der Waals surface area contributed by atoms with Gasteiger partial charge in [0, 0.05) is 6.20 Å². The molecule has 5 nitrogen and oxygen atoms in total. The Balaban J connectivity index is 2.96. The van der Waals surface area contributed by atoms with Crippen molar-refractivity contribution in [1.82, 2.24) is 10.2 Å². The summed E-state index contributed by atoms with van der Waals surface area (Å²) in [5, 5.41) is 10.3. The van der Waals surface area contributed by atoms with Gasteiger partial charge in [0.05, 0.1) is 10.4 Å². The zero-order valence-electron chi connectivity index (χ0n) is 11.3. The molecule has 0 aliphatic rings. The summed E-state index contributed by atoms with van der Waals surface area (Å²) in [4.78, 5) is 12.8. The number of nitrogens with zero attached hydrogens (tertiary/aromatic N) is 2. The second-order valence-electron chi connectivity index (χ2n) is 4.51. The van der Waals surface area contributed by atoms with Crippen LogP contribution in [-0.2, 0) is 4.79 Å². The van der Waals surface area contributed by atoms with Gasteiger partial charge in [-0.3, -0.25) is 4.79 Å². The number of carbonyl (C=O) groups is 1. The first-order chi connectivity index (χ1) is 9.06. The zero-order chi connectivity index (χ0) is 14.3. The molecule has 0 atom stereocenters. The SMILES string of the molecule is CCCC(CCC)(C(=O)Nc1cccnn1)C(N)=S. The largest absolute Gasteiger partial charge is 0.392 e. The fourth-order valence-corrected chi connectivity index (χ4v) is 2.46. The van der Waals surface area contributed by atoms with Crippen molar-refractivity contribution in [3.05, 3.63) is 18.3 Å². The third-order valence-electron chi connectivity index (χ3n) is 3.07. The molecule has 1 amide bonds. The van der Waals surface area contributed by atoms with E-state index in [-0.39, 0.29) is 10.9 Å². The molecule has 0 saturated heterocycles. The molecule has 0 fully saturated rings. The molecule has 0 bridgehead atoms. The molecule has 0 aliphatic heterocycles. The first-order valence-corrected chi connectivity index (χ1v) is 6.86. The molecule has 1 rings (SSSR count). The maximum atomic E-state index is 12.5. The van der Waals surface area contributed by atoms with E-state index in [0.29, 0.717) is 18.7 Å². The van der Waals surface area contributed by atoms with E-state index in [2.05, 4.69) is 15.5 Å². The highest BCUT2D eigenvalue weighted by molar-refractivity contribution is 7.80. The van der Waals surface area contributed by atoms with Gasteiger partial charge in [0.25, 0.3) is 0 Å². The number of amides is 1. The van der Waals surface area contributed by atoms with E-state index in [0.717, 1.165) is 12.8 Å². The lowest BCUT2D eigenvalue weighted by atomic mass is 9.78. The number of nitrogens with one attached hydrogen (secondary N) is 1. The molecule has 19 heavy (non-hydrogen) atoms. The molecule has 1 aromatic rings. The predicted molar refractivity (Wildman–Crippen MR) is 79.7 cm³/mol. The number of thiocarbonyl (C=S) groups is 1. The van der Waals surface area contributed by atoms with E-state index in [9.17, 15) is 4.79 Å². The summed E-state index contributed by atoms with van der Waals surface area (Å²) in [5.74, 6) is 0.226. The average Bonchev–Trinajstić information content (AvgIpc) is 2.39. The van der Waals surface area contributed by atoms with Crippen LogP contribution in [-0.4, -0.2) is 21.1 Å². The number of hydrogen-bond acceptors (Lipinski definition) is 4. The second-order valence-corrected chi connectivity index (χ2v) is 4.95. The standard InChI is InChI=1S/C13H20N4OS/c1-3-7-13(8-4-2,11(14)19)12(18)16-10-6-5-9-15-17-10/h5-6,9H,3-4,7-8H2,1-2H3,(H2,14,19)(H,16,17,18). The van der Waals surface area contributed by atoms with Crippen molar-refractivity contribution in [2.45, 2.75) is 39.5 Å². The van der Waals surface area contributed by atoms with Crippen molar-refractivity contribution >= 4 is 28.9 Å². The molecule has 6 heteroatoms. The summed E-state index contributed by atoms with van der Waals surface area (Å²) in [6, 6.07) is 3.40. The lowest BCUT2D eigenvalue weighted by molar-refractivity contribution is -0.122. The van der Waals surface area contributed by atoms with Crippen molar-refractivity contribution in [2.24, 2.45) is 11.1 Å². The van der Waals surface area contributed by atoms with Crippen molar-refractivity contribution in [3.63, 3.8) is 0 Å². The van der Waals surface area contributed by atoms with E-state index in [1.54, 1.807) is 18.3 Å². The Bertz CT molecular complexity index is 430. The summed E-state index contributed by atoms with van der Waals surface area (Å²) in [6.07, 6.45) is 4.51. The van der Waals surface area contributed by atoms with Crippen molar-refractivity contribution in [2.75, 3.05) is 5.32 Å². The van der Waals surface area contributed by atoms with Crippen LogP contribution in [0.5, 0.6) is 0 Å². The molecular weight excluding hydrogens is 260 g/mol. The highest BCUT2D eigenvalue weighted by atomic mass is 32.1. The van der Waals surface area contributed by atoms with Crippen LogP contribution in [0.2, 0.25) is 0 Å². The Morgan fingerprint density at radius 3 is 2.47 bits per heavy atom. The minimum atomic E-state index is -0.795. The van der Waals surface area contributed by atoms with Gasteiger partial charge in [-0.2, -0.15) is 5.10 Å². The maximum Gasteiger partial charge on any atom is 0.238 e. The summed E-state index contributed by atoms with van der Waals surface area (Å²) in [5.41, 5.74) is 5.04. The van der Waals surface area contributed by atoms with Crippen LogP contribution < -0.4 is 11.1 Å². The molecule has 0 saturated carbocycles. The average molecular weight is 280 g/mol. The number of rotatable bonds is 7. The summed E-state index contributed by atoms with van der Waals surface area (Å²) >= 11 is 5.13. The van der Waals surface area contributed by atoms with Crippen LogP contribution in [0.15, 0.2) is 18.3 Å². The number of aromatic nitrogens is 2. The Hall–Kier alpha value is -1.56. The lowest BCUT2D eigenvalue weighted by Gasteiger charge is -2.30. The highest BCUT2D eigenvalue weighted by Gasteiger charge is 2.40. The fraction of sp³-hybridized carbons (Fsp3) is 0.538. The third-order valence-corrected chi connectivity index (χ3v) is 3.46. The van der Waals surface area contributed by atoms with Crippen LogP contribution in [0.1, 0.15) is 39.5 Å². The minimum Gasteiger partial charge on any atom is -0.392 e. The molecule has 0 unspecified atom stereocenters. The summed E-state index contributed by atoms with van der Waals surface area (Å²) in [7, 11) is 0. The van der Waals surface area contributed by atoms with E-state index >= 15 is 0 Å². The van der Waals surface area contributed by atoms with Crippen LogP contribution in [0.25, 0.3) is 0 Å². The Morgan fingerprint density at radius 1 is 1.42 bits per heavy atom. The fourth-order valence-electron chi connectivity index (χ4n) is 2.17. The van der Waals surface area contributed by atoms with E-state index in [1.165, 1.54) is 0 Å². The smallest absolute Gasteiger partial charge is 0.238 e. The summed E-state index contributed by atoms with van der Waals surface area (Å²) < 4.78 is 0. The molecule has 3 N–H and O–H groups in total. The van der Waals surface area contributed by atoms with Crippen molar-refractivity contribution < 1.29 is 4.79 Å². The second kappa shape index (κ2) is 7.13. The van der Waals surface area contributed by atoms with Gasteiger partial charge in [-0.1, -0.05) is 38.9 Å². The minimum absolute atomic E-state index is 0.191. The molecule has 1 heterocycles. The third kappa shape index (κ3) is 3.70. The number of carbonyl (C=O) groups excluding carboxylic acids is 1. The van der Waals surface area contributed by atoms with Gasteiger partial charge in [0.1, 0.15) is 0 Å². The Kier molecular flexibility index (Phi) is 5.82. The topological polar surface area (TPSA) is 80.9 Å². The zero-order valence-corrected chi connectivity index (χ0v) is 12.2. The van der Waals surface area contributed by atoms with Gasteiger partial charge in [0.2, 0.25) is 5.91 Å². The molecule has 0 radical (unpaired) electrons. The molecule has 0 aliphatic carbocycles. The van der Waals surface area contributed by atoms with Gasteiger partial charge in [-0.25, -0.2) is 0 Å². The normalized spacial score (nSPS) is 11.1. The molecule has 1 aromatic heterocycles. The Labute approximate surface area is 119 Å². The number of anilines is 1. The first kappa shape index (κ1) is 15.5. The highest BCUT2D eigenvalue weighted by Crippen LogP contribution is 2.32. The molecule has 0 spiro atoms. The van der Waals surface area contributed by atoms with Gasteiger partial charge < -0.3 is 11.1 Å². The van der Waals surface area contributed by atoms with Crippen molar-refractivity contribution in [3.8, 4) is 0 Å². The van der Waals surface area contributed by atoms with Crippen LogP contribution in [0.4, 0.5) is 5.82 Å². The lowest BCUT2D eigenvalue weighted by Crippen LogP contribution is -2.46. The molecule has 104 valence electrons. The van der Waals surface area contributed by atoms with Crippen LogP contribution in [0, 0.1) is 5.41 Å². The summed E-state index contributed by atoms with van der Waals surface area (Å²) in [6.45, 7) is 4.02. The van der Waals surface area contributed by atoms with Crippen LogP contribution in [0.3, 0.4) is 0 Å². The number of nitrogens with two attached hydrogens (primary N) is 1. The monoisotopic (exact) mass is 280 g/mol. The van der Waals surface area contributed by atoms with E-state index < -0.39 is 5.41 Å². The van der Waals surface area contributed by atoms with E-state index in [4.69, 9.17) is 18.0 Å². The quantitative estimate of drug-likeness (QED) is 0.749. The van der Waals surface area contributed by atoms with E-state index in [1.807, 2.05) is 13.8 Å². The molecular formula is C13H20N4OS. The number of hydrogen-bond donors (Lipinski definition) is 2. The van der Waals surface area contributed by atoms with Gasteiger partial charge in [0.15, 0.2) is 5.82 Å². The van der Waals surface area contributed by atoms with Crippen LogP contribution >= 0.6 is 12.2 Å². The molecule has 0 aromatic carbocycles.